The number of hydrogen-bond acceptors (Lipinski definition) is 4. The van der Waals surface area contributed by atoms with Crippen LogP contribution in [0.1, 0.15) is 0 Å². The molecule has 0 bridgehead atoms. The Labute approximate surface area is 93.9 Å². The third-order valence-electron chi connectivity index (χ3n) is 2.30. The maximum atomic E-state index is 5.26. The zero-order valence-corrected chi connectivity index (χ0v) is 9.18. The Morgan fingerprint density at radius 1 is 0.812 bits per heavy atom. The molecule has 0 aromatic carbocycles. The summed E-state index contributed by atoms with van der Waals surface area (Å²) in [5.74, 6) is 1.43. The molecule has 2 aromatic rings. The molecular weight excluding hydrogens is 204 g/mol. The summed E-state index contributed by atoms with van der Waals surface area (Å²) in [7, 11) is 3.24. The lowest BCUT2D eigenvalue weighted by Gasteiger charge is -2.10. The van der Waals surface area contributed by atoms with E-state index in [1.54, 1.807) is 39.0 Å². The molecule has 2 heterocycles. The predicted octanol–water partition coefficient (Wildman–Crippen LogP) is 2.16. The topological polar surface area (TPSA) is 44.2 Å². The average Bonchev–Trinajstić information content (AvgIpc) is 2.38. The zero-order valence-electron chi connectivity index (χ0n) is 9.18. The number of nitrogens with zero attached hydrogens (tertiary/aromatic N) is 2. The van der Waals surface area contributed by atoms with Crippen LogP contribution in [-0.2, 0) is 0 Å². The molecular formula is C12H12N2O2. The molecule has 0 aliphatic carbocycles. The van der Waals surface area contributed by atoms with Crippen molar-refractivity contribution in [3.8, 4) is 22.6 Å². The first-order valence-electron chi connectivity index (χ1n) is 4.83. The number of rotatable bonds is 3. The van der Waals surface area contributed by atoms with Crippen LogP contribution < -0.4 is 9.47 Å². The number of methoxy groups -OCH3 is 2. The highest BCUT2D eigenvalue weighted by atomic mass is 16.5. The smallest absolute Gasteiger partial charge is 0.145 e. The highest BCUT2D eigenvalue weighted by Crippen LogP contribution is 2.34. The lowest BCUT2D eigenvalue weighted by atomic mass is 10.1. The molecule has 2 rings (SSSR count). The molecule has 0 radical (unpaired) electrons. The minimum absolute atomic E-state index is 0.715. The van der Waals surface area contributed by atoms with Crippen LogP contribution in [0.25, 0.3) is 11.1 Å². The van der Waals surface area contributed by atoms with E-state index >= 15 is 0 Å². The van der Waals surface area contributed by atoms with Crippen molar-refractivity contribution in [1.29, 1.82) is 0 Å². The van der Waals surface area contributed by atoms with E-state index in [1.165, 1.54) is 0 Å². The summed E-state index contributed by atoms with van der Waals surface area (Å²) in [6.45, 7) is 0. The van der Waals surface area contributed by atoms with Crippen LogP contribution in [0.15, 0.2) is 36.9 Å². The van der Waals surface area contributed by atoms with Crippen LogP contribution in [0.5, 0.6) is 11.5 Å². The summed E-state index contributed by atoms with van der Waals surface area (Å²) in [5, 5.41) is 0. The van der Waals surface area contributed by atoms with Crippen molar-refractivity contribution >= 4 is 0 Å². The fraction of sp³-hybridized carbons (Fsp3) is 0.167. The number of hydrogen-bond donors (Lipinski definition) is 0. The van der Waals surface area contributed by atoms with Crippen LogP contribution in [0.2, 0.25) is 0 Å². The van der Waals surface area contributed by atoms with Crippen LogP contribution in [0.4, 0.5) is 0 Å². The molecule has 0 spiro atoms. The Morgan fingerprint density at radius 2 is 1.25 bits per heavy atom. The second-order valence-corrected chi connectivity index (χ2v) is 3.15. The summed E-state index contributed by atoms with van der Waals surface area (Å²) in [6, 6.07) is 3.77. The molecule has 0 unspecified atom stereocenters. The molecule has 2 aromatic heterocycles. The van der Waals surface area contributed by atoms with Crippen molar-refractivity contribution in [3.63, 3.8) is 0 Å². The summed E-state index contributed by atoms with van der Waals surface area (Å²) in [5.41, 5.74) is 1.88. The van der Waals surface area contributed by atoms with Gasteiger partial charge in [0.05, 0.1) is 26.6 Å². The van der Waals surface area contributed by atoms with Gasteiger partial charge in [-0.1, -0.05) is 0 Å². The van der Waals surface area contributed by atoms with Crippen molar-refractivity contribution in [2.75, 3.05) is 14.2 Å². The van der Waals surface area contributed by atoms with Gasteiger partial charge in [0, 0.05) is 23.5 Å². The van der Waals surface area contributed by atoms with Gasteiger partial charge < -0.3 is 9.47 Å². The van der Waals surface area contributed by atoms with Gasteiger partial charge in [-0.3, -0.25) is 9.97 Å². The third kappa shape index (κ3) is 1.82. The van der Waals surface area contributed by atoms with E-state index in [9.17, 15) is 0 Å². The van der Waals surface area contributed by atoms with Gasteiger partial charge in [0.25, 0.3) is 0 Å². The quantitative estimate of drug-likeness (QED) is 0.788. The molecule has 0 N–H and O–H groups in total. The van der Waals surface area contributed by atoms with Crippen molar-refractivity contribution in [1.82, 2.24) is 9.97 Å². The van der Waals surface area contributed by atoms with Crippen LogP contribution in [-0.4, -0.2) is 24.2 Å². The molecule has 0 fully saturated rings. The third-order valence-corrected chi connectivity index (χ3v) is 2.30. The van der Waals surface area contributed by atoms with Gasteiger partial charge in [-0.05, 0) is 12.1 Å². The van der Waals surface area contributed by atoms with Crippen molar-refractivity contribution in [2.45, 2.75) is 0 Å². The number of ether oxygens (including phenoxy) is 2. The molecule has 0 aliphatic rings. The first kappa shape index (κ1) is 10.4. The Balaban J connectivity index is 2.58. The fourth-order valence-electron chi connectivity index (χ4n) is 1.53. The Hall–Kier alpha value is -2.10. The number of pyridine rings is 2. The predicted molar refractivity (Wildman–Crippen MR) is 60.6 cm³/mol. The first-order valence-corrected chi connectivity index (χ1v) is 4.83. The van der Waals surface area contributed by atoms with E-state index in [-0.39, 0.29) is 0 Å². The van der Waals surface area contributed by atoms with Crippen molar-refractivity contribution < 1.29 is 9.47 Å². The van der Waals surface area contributed by atoms with Crippen LogP contribution >= 0.6 is 0 Å². The van der Waals surface area contributed by atoms with E-state index in [0.717, 1.165) is 11.1 Å². The standard InChI is InChI=1S/C12H12N2O2/c1-15-11-7-13-5-3-9(11)10-4-6-14-8-12(10)16-2/h3-8H,1-2H3. The Bertz CT molecular complexity index is 440. The van der Waals surface area contributed by atoms with E-state index in [1.807, 2.05) is 12.1 Å². The molecule has 0 amide bonds. The Kier molecular flexibility index (Phi) is 3.00. The lowest BCUT2D eigenvalue weighted by molar-refractivity contribution is 0.408. The molecule has 4 nitrogen and oxygen atoms in total. The lowest BCUT2D eigenvalue weighted by Crippen LogP contribution is -1.92. The van der Waals surface area contributed by atoms with Gasteiger partial charge in [-0.15, -0.1) is 0 Å². The van der Waals surface area contributed by atoms with Gasteiger partial charge in [-0.25, -0.2) is 0 Å². The van der Waals surface area contributed by atoms with Crippen LogP contribution in [0.3, 0.4) is 0 Å². The van der Waals surface area contributed by atoms with Gasteiger partial charge in [0.15, 0.2) is 0 Å². The fourth-order valence-corrected chi connectivity index (χ4v) is 1.53. The van der Waals surface area contributed by atoms with Gasteiger partial charge in [0.1, 0.15) is 11.5 Å². The largest absolute Gasteiger partial charge is 0.494 e. The zero-order chi connectivity index (χ0) is 11.4. The summed E-state index contributed by atoms with van der Waals surface area (Å²) >= 11 is 0. The Morgan fingerprint density at radius 3 is 1.62 bits per heavy atom. The minimum Gasteiger partial charge on any atom is -0.494 e. The van der Waals surface area contributed by atoms with Crippen LogP contribution in [0, 0.1) is 0 Å². The normalized spacial score (nSPS) is 9.88. The first-order chi connectivity index (χ1) is 7.86. The summed E-state index contributed by atoms with van der Waals surface area (Å²) < 4.78 is 10.5. The maximum absolute atomic E-state index is 5.26. The molecule has 4 heteroatoms. The molecule has 82 valence electrons. The van der Waals surface area contributed by atoms with Gasteiger partial charge in [0.2, 0.25) is 0 Å². The molecule has 0 aliphatic heterocycles. The summed E-state index contributed by atoms with van der Waals surface area (Å²) in [6.07, 6.45) is 6.79. The van der Waals surface area contributed by atoms with E-state index in [2.05, 4.69) is 9.97 Å². The van der Waals surface area contributed by atoms with Gasteiger partial charge in [-0.2, -0.15) is 0 Å². The second-order valence-electron chi connectivity index (χ2n) is 3.15. The molecule has 0 saturated heterocycles. The molecule has 0 atom stereocenters. The second kappa shape index (κ2) is 4.61. The molecule has 0 saturated carbocycles. The molecule has 16 heavy (non-hydrogen) atoms. The van der Waals surface area contributed by atoms with E-state index < -0.39 is 0 Å². The van der Waals surface area contributed by atoms with E-state index in [0.29, 0.717) is 11.5 Å². The van der Waals surface area contributed by atoms with Crippen molar-refractivity contribution in [3.05, 3.63) is 36.9 Å². The monoisotopic (exact) mass is 216 g/mol. The van der Waals surface area contributed by atoms with Crippen molar-refractivity contribution in [2.24, 2.45) is 0 Å². The highest BCUT2D eigenvalue weighted by molar-refractivity contribution is 5.74. The van der Waals surface area contributed by atoms with Gasteiger partial charge >= 0.3 is 0 Å². The summed E-state index contributed by atoms with van der Waals surface area (Å²) in [4.78, 5) is 8.03. The van der Waals surface area contributed by atoms with E-state index in [4.69, 9.17) is 9.47 Å². The maximum Gasteiger partial charge on any atom is 0.145 e. The highest BCUT2D eigenvalue weighted by Gasteiger charge is 2.10. The SMILES string of the molecule is COc1cnccc1-c1ccncc1OC. The average molecular weight is 216 g/mol. The minimum atomic E-state index is 0.715. The number of aromatic nitrogens is 2.